The summed E-state index contributed by atoms with van der Waals surface area (Å²) < 4.78 is 11.6. The molecule has 0 heterocycles. The van der Waals surface area contributed by atoms with Gasteiger partial charge in [0.15, 0.2) is 5.75 Å². The van der Waals surface area contributed by atoms with Crippen molar-refractivity contribution in [3.05, 3.63) is 24.3 Å². The molecule has 0 aliphatic carbocycles. The third-order valence-corrected chi connectivity index (χ3v) is 2.46. The van der Waals surface area contributed by atoms with Gasteiger partial charge < -0.3 is 9.16 Å². The lowest BCUT2D eigenvalue weighted by Crippen LogP contribution is -2.29. The Labute approximate surface area is 93.4 Å². The van der Waals surface area contributed by atoms with E-state index in [1.165, 1.54) is 0 Å². The number of hydrogen-bond donors (Lipinski definition) is 0. The van der Waals surface area contributed by atoms with Crippen molar-refractivity contribution in [2.24, 2.45) is 0 Å². The maximum absolute atomic E-state index is 5.95. The number of benzene rings is 1. The van der Waals surface area contributed by atoms with Crippen LogP contribution in [0.3, 0.4) is 0 Å². The highest BCUT2D eigenvalue weighted by atomic mass is 28.4. The van der Waals surface area contributed by atoms with Crippen LogP contribution in [0.4, 0.5) is 0 Å². The molecule has 1 aromatic rings. The molecule has 0 radical (unpaired) electrons. The fourth-order valence-electron chi connectivity index (χ4n) is 1.22. The Hall–Kier alpha value is -0.963. The van der Waals surface area contributed by atoms with Gasteiger partial charge >= 0.3 is 0 Å². The molecule has 1 rings (SSSR count). The average Bonchev–Trinajstić information content (AvgIpc) is 2.05. The lowest BCUT2D eigenvalue weighted by atomic mass is 10.3. The fourth-order valence-corrected chi connectivity index (χ4v) is 2.04. The Bertz CT molecular complexity index is 316. The molecule has 0 N–H and O–H groups in total. The topological polar surface area (TPSA) is 18.5 Å². The Kier molecular flexibility index (Phi) is 3.80. The first kappa shape index (κ1) is 12.1. The van der Waals surface area contributed by atoms with Crippen molar-refractivity contribution in [1.82, 2.24) is 0 Å². The standard InChI is InChI=1S/C12H20O2Si/c1-10(2)13-11-8-6-7-9-12(11)14-15(3,4)5/h6-10H,1-5H3. The van der Waals surface area contributed by atoms with Crippen molar-refractivity contribution in [2.75, 3.05) is 0 Å². The molecular weight excluding hydrogens is 204 g/mol. The van der Waals surface area contributed by atoms with Gasteiger partial charge in [-0.3, -0.25) is 0 Å². The summed E-state index contributed by atoms with van der Waals surface area (Å²) in [6.45, 7) is 10.5. The summed E-state index contributed by atoms with van der Waals surface area (Å²) in [5, 5.41) is 0. The highest BCUT2D eigenvalue weighted by Gasteiger charge is 2.18. The lowest BCUT2D eigenvalue weighted by molar-refractivity contribution is 0.235. The minimum absolute atomic E-state index is 0.177. The van der Waals surface area contributed by atoms with E-state index >= 15 is 0 Å². The average molecular weight is 224 g/mol. The van der Waals surface area contributed by atoms with E-state index in [0.29, 0.717) is 0 Å². The Morgan fingerprint density at radius 3 is 2.00 bits per heavy atom. The predicted octanol–water partition coefficient (Wildman–Crippen LogP) is 3.69. The van der Waals surface area contributed by atoms with Crippen LogP contribution >= 0.6 is 0 Å². The van der Waals surface area contributed by atoms with Crippen LogP contribution in [-0.2, 0) is 0 Å². The van der Waals surface area contributed by atoms with Gasteiger partial charge in [0.1, 0.15) is 5.75 Å². The monoisotopic (exact) mass is 224 g/mol. The van der Waals surface area contributed by atoms with E-state index in [1.54, 1.807) is 0 Å². The van der Waals surface area contributed by atoms with Gasteiger partial charge in [-0.05, 0) is 45.6 Å². The highest BCUT2D eigenvalue weighted by molar-refractivity contribution is 6.70. The Morgan fingerprint density at radius 2 is 1.53 bits per heavy atom. The molecule has 3 heteroatoms. The highest BCUT2D eigenvalue weighted by Crippen LogP contribution is 2.29. The summed E-state index contributed by atoms with van der Waals surface area (Å²) in [5.74, 6) is 1.71. The molecule has 0 saturated heterocycles. The minimum atomic E-state index is -1.56. The summed E-state index contributed by atoms with van der Waals surface area (Å²) >= 11 is 0. The van der Waals surface area contributed by atoms with Crippen LogP contribution in [0, 0.1) is 0 Å². The number of hydrogen-bond acceptors (Lipinski definition) is 2. The van der Waals surface area contributed by atoms with E-state index in [4.69, 9.17) is 9.16 Å². The second-order valence-corrected chi connectivity index (χ2v) is 9.26. The molecule has 0 spiro atoms. The van der Waals surface area contributed by atoms with Crippen LogP contribution in [0.2, 0.25) is 19.6 Å². The molecule has 0 saturated carbocycles. The Balaban J connectivity index is 2.86. The normalized spacial score (nSPS) is 11.6. The first-order valence-corrected chi connectivity index (χ1v) is 8.74. The van der Waals surface area contributed by atoms with Gasteiger partial charge in [-0.25, -0.2) is 0 Å². The molecule has 0 atom stereocenters. The zero-order chi connectivity index (χ0) is 11.5. The van der Waals surface area contributed by atoms with Gasteiger partial charge in [-0.2, -0.15) is 0 Å². The van der Waals surface area contributed by atoms with E-state index in [-0.39, 0.29) is 6.10 Å². The first-order valence-electron chi connectivity index (χ1n) is 5.33. The van der Waals surface area contributed by atoms with Crippen molar-refractivity contribution in [2.45, 2.75) is 39.6 Å². The summed E-state index contributed by atoms with van der Waals surface area (Å²) in [5.41, 5.74) is 0. The second kappa shape index (κ2) is 4.70. The molecule has 1 aromatic carbocycles. The molecule has 2 nitrogen and oxygen atoms in total. The number of rotatable bonds is 4. The number of para-hydroxylation sites is 2. The van der Waals surface area contributed by atoms with Crippen LogP contribution in [0.5, 0.6) is 11.5 Å². The van der Waals surface area contributed by atoms with Crippen LogP contribution < -0.4 is 9.16 Å². The molecule has 0 bridgehead atoms. The zero-order valence-corrected chi connectivity index (χ0v) is 11.2. The van der Waals surface area contributed by atoms with Crippen molar-refractivity contribution >= 4 is 8.32 Å². The Morgan fingerprint density at radius 1 is 1.00 bits per heavy atom. The third kappa shape index (κ3) is 4.38. The minimum Gasteiger partial charge on any atom is -0.542 e. The third-order valence-electron chi connectivity index (χ3n) is 1.63. The van der Waals surface area contributed by atoms with Gasteiger partial charge in [0, 0.05) is 0 Å². The van der Waals surface area contributed by atoms with Gasteiger partial charge in [0.25, 0.3) is 0 Å². The second-order valence-electron chi connectivity index (χ2n) is 4.83. The maximum atomic E-state index is 5.95. The number of ether oxygens (including phenoxy) is 1. The summed E-state index contributed by atoms with van der Waals surface area (Å²) in [4.78, 5) is 0. The lowest BCUT2D eigenvalue weighted by Gasteiger charge is -2.22. The van der Waals surface area contributed by atoms with Crippen molar-refractivity contribution in [1.29, 1.82) is 0 Å². The smallest absolute Gasteiger partial charge is 0.242 e. The quantitative estimate of drug-likeness (QED) is 0.726. The van der Waals surface area contributed by atoms with Gasteiger partial charge in [0.05, 0.1) is 6.10 Å². The molecular formula is C12H20O2Si. The predicted molar refractivity (Wildman–Crippen MR) is 66.2 cm³/mol. The summed E-state index contributed by atoms with van der Waals surface area (Å²) in [7, 11) is -1.56. The van der Waals surface area contributed by atoms with E-state index in [1.807, 2.05) is 38.1 Å². The van der Waals surface area contributed by atoms with Gasteiger partial charge in [-0.1, -0.05) is 12.1 Å². The SMILES string of the molecule is CC(C)Oc1ccccc1O[Si](C)(C)C. The zero-order valence-electron chi connectivity index (χ0n) is 10.2. The van der Waals surface area contributed by atoms with Crippen molar-refractivity contribution in [3.8, 4) is 11.5 Å². The largest absolute Gasteiger partial charge is 0.542 e. The van der Waals surface area contributed by atoms with Gasteiger partial charge in [0.2, 0.25) is 8.32 Å². The molecule has 0 unspecified atom stereocenters. The molecule has 84 valence electrons. The van der Waals surface area contributed by atoms with E-state index in [9.17, 15) is 0 Å². The van der Waals surface area contributed by atoms with Crippen molar-refractivity contribution in [3.63, 3.8) is 0 Å². The van der Waals surface area contributed by atoms with Crippen LogP contribution in [0.25, 0.3) is 0 Å². The van der Waals surface area contributed by atoms with E-state index in [2.05, 4.69) is 19.6 Å². The maximum Gasteiger partial charge on any atom is 0.242 e. The molecule has 0 aromatic heterocycles. The van der Waals surface area contributed by atoms with E-state index in [0.717, 1.165) is 11.5 Å². The van der Waals surface area contributed by atoms with Crippen LogP contribution in [0.1, 0.15) is 13.8 Å². The molecule has 0 amide bonds. The molecule has 0 fully saturated rings. The fraction of sp³-hybridized carbons (Fsp3) is 0.500. The van der Waals surface area contributed by atoms with Gasteiger partial charge in [-0.15, -0.1) is 0 Å². The van der Waals surface area contributed by atoms with Crippen molar-refractivity contribution < 1.29 is 9.16 Å². The summed E-state index contributed by atoms with van der Waals surface area (Å²) in [6.07, 6.45) is 0.177. The van der Waals surface area contributed by atoms with Crippen LogP contribution in [-0.4, -0.2) is 14.4 Å². The van der Waals surface area contributed by atoms with Crippen LogP contribution in [0.15, 0.2) is 24.3 Å². The molecule has 15 heavy (non-hydrogen) atoms. The van der Waals surface area contributed by atoms with E-state index < -0.39 is 8.32 Å². The molecule has 0 aliphatic heterocycles. The first-order chi connectivity index (χ1) is 6.88. The summed E-state index contributed by atoms with van der Waals surface area (Å²) in [6, 6.07) is 7.86. The molecule has 0 aliphatic rings.